The van der Waals surface area contributed by atoms with Crippen LogP contribution in [-0.4, -0.2) is 58.2 Å². The van der Waals surface area contributed by atoms with Crippen molar-refractivity contribution in [3.63, 3.8) is 0 Å². The van der Waals surface area contributed by atoms with Crippen LogP contribution in [0.4, 0.5) is 4.79 Å². The molecule has 2 aromatic rings. The maximum absolute atomic E-state index is 13.2. The summed E-state index contributed by atoms with van der Waals surface area (Å²) >= 11 is 0. The third-order valence-corrected chi connectivity index (χ3v) is 6.95. The number of hydrogen-bond donors (Lipinski definition) is 0. The molecule has 1 fully saturated rings. The zero-order valence-electron chi connectivity index (χ0n) is 23.2. The molecule has 2 heterocycles. The fourth-order valence-corrected chi connectivity index (χ4v) is 5.25. The highest BCUT2D eigenvalue weighted by Crippen LogP contribution is 2.43. The number of fused-ring (bicyclic) bond motifs is 1. The number of carbonyl (C=O) groups excluding carboxylic acids is 2. The summed E-state index contributed by atoms with van der Waals surface area (Å²) in [6.07, 6.45) is 3.30. The van der Waals surface area contributed by atoms with Crippen molar-refractivity contribution in [3.05, 3.63) is 71.3 Å². The minimum absolute atomic E-state index is 0.0453. The lowest BCUT2D eigenvalue weighted by molar-refractivity contribution is -0.00117. The second-order valence-electron chi connectivity index (χ2n) is 11.7. The zero-order chi connectivity index (χ0) is 27.0. The molecule has 0 radical (unpaired) electrons. The van der Waals surface area contributed by atoms with Crippen LogP contribution in [0.25, 0.3) is 5.57 Å². The third-order valence-electron chi connectivity index (χ3n) is 6.95. The lowest BCUT2D eigenvalue weighted by Crippen LogP contribution is -2.50. The normalized spacial score (nSPS) is 16.8. The van der Waals surface area contributed by atoms with Gasteiger partial charge in [0.1, 0.15) is 17.0 Å². The SMILES string of the molecule is CC(C)N(C(=O)c1ccc(C2=CC3(CCN(C(=O)OC(C)(C)C)CC3)Oc3ccccc32)cc1)C(C)C. The van der Waals surface area contributed by atoms with E-state index in [4.69, 9.17) is 9.47 Å². The molecule has 198 valence electrons. The molecule has 0 atom stereocenters. The fraction of sp³-hybridized carbons (Fsp3) is 0.484. The molecule has 0 N–H and O–H groups in total. The quantitative estimate of drug-likeness (QED) is 0.474. The van der Waals surface area contributed by atoms with E-state index in [1.807, 2.05) is 95.8 Å². The largest absolute Gasteiger partial charge is 0.482 e. The first-order valence-electron chi connectivity index (χ1n) is 13.3. The van der Waals surface area contributed by atoms with Crippen molar-refractivity contribution in [2.75, 3.05) is 13.1 Å². The molecular weight excluding hydrogens is 464 g/mol. The van der Waals surface area contributed by atoms with E-state index in [-0.39, 0.29) is 24.1 Å². The van der Waals surface area contributed by atoms with Gasteiger partial charge in [-0.3, -0.25) is 4.79 Å². The number of nitrogens with zero attached hydrogens (tertiary/aromatic N) is 2. The molecule has 2 aromatic carbocycles. The van der Waals surface area contributed by atoms with Crippen molar-refractivity contribution in [2.45, 2.75) is 84.6 Å². The number of carbonyl (C=O) groups is 2. The van der Waals surface area contributed by atoms with Crippen LogP contribution in [0.15, 0.2) is 54.6 Å². The molecule has 2 amide bonds. The lowest BCUT2D eigenvalue weighted by Gasteiger charge is -2.43. The van der Waals surface area contributed by atoms with Crippen LogP contribution in [0.5, 0.6) is 5.75 Å². The maximum atomic E-state index is 13.2. The highest BCUT2D eigenvalue weighted by atomic mass is 16.6. The molecule has 37 heavy (non-hydrogen) atoms. The molecule has 4 rings (SSSR count). The van der Waals surface area contributed by atoms with Gasteiger partial charge in [-0.25, -0.2) is 4.79 Å². The average Bonchev–Trinajstić information content (AvgIpc) is 2.82. The van der Waals surface area contributed by atoms with Crippen molar-refractivity contribution in [1.82, 2.24) is 9.80 Å². The summed E-state index contributed by atoms with van der Waals surface area (Å²) in [5.74, 6) is 0.889. The molecule has 6 heteroatoms. The number of ether oxygens (including phenoxy) is 2. The molecule has 6 nitrogen and oxygen atoms in total. The molecule has 1 spiro atoms. The summed E-state index contributed by atoms with van der Waals surface area (Å²) < 4.78 is 12.1. The number of para-hydroxylation sites is 1. The Hall–Kier alpha value is -3.28. The van der Waals surface area contributed by atoms with E-state index >= 15 is 0 Å². The zero-order valence-corrected chi connectivity index (χ0v) is 23.2. The van der Waals surface area contributed by atoms with Gasteiger partial charge in [-0.1, -0.05) is 30.3 Å². The predicted molar refractivity (Wildman–Crippen MR) is 147 cm³/mol. The topological polar surface area (TPSA) is 59.1 Å². The standard InChI is InChI=1S/C31H40N2O4/c1-21(2)33(22(3)4)28(34)24-14-12-23(13-15-24)26-20-31(36-27-11-9-8-10-25(26)27)16-18-32(19-17-31)29(35)37-30(5,6)7/h8-15,20-22H,16-19H2,1-7H3. The van der Waals surface area contributed by atoms with E-state index in [0.29, 0.717) is 31.5 Å². The van der Waals surface area contributed by atoms with Gasteiger partial charge in [-0.15, -0.1) is 0 Å². The number of rotatable bonds is 4. The van der Waals surface area contributed by atoms with E-state index in [1.165, 1.54) is 0 Å². The summed E-state index contributed by atoms with van der Waals surface area (Å²) in [7, 11) is 0. The lowest BCUT2D eigenvalue weighted by atomic mass is 9.83. The van der Waals surface area contributed by atoms with Gasteiger partial charge < -0.3 is 19.3 Å². The van der Waals surface area contributed by atoms with Crippen LogP contribution < -0.4 is 4.74 Å². The van der Waals surface area contributed by atoms with E-state index in [2.05, 4.69) is 12.1 Å². The number of likely N-dealkylation sites (tertiary alicyclic amines) is 1. The molecule has 0 aliphatic carbocycles. The molecule has 0 aromatic heterocycles. The van der Waals surface area contributed by atoms with Crippen LogP contribution >= 0.6 is 0 Å². The monoisotopic (exact) mass is 504 g/mol. The maximum Gasteiger partial charge on any atom is 0.410 e. The first-order valence-corrected chi connectivity index (χ1v) is 13.3. The fourth-order valence-electron chi connectivity index (χ4n) is 5.25. The first kappa shape index (κ1) is 26.8. The summed E-state index contributed by atoms with van der Waals surface area (Å²) in [6.45, 7) is 15.0. The smallest absolute Gasteiger partial charge is 0.410 e. The van der Waals surface area contributed by atoms with Crippen LogP contribution in [0.2, 0.25) is 0 Å². The minimum Gasteiger partial charge on any atom is -0.482 e. The summed E-state index contributed by atoms with van der Waals surface area (Å²) in [6, 6.07) is 16.2. The van der Waals surface area contributed by atoms with E-state index in [9.17, 15) is 9.59 Å². The summed E-state index contributed by atoms with van der Waals surface area (Å²) in [5, 5.41) is 0. The van der Waals surface area contributed by atoms with Crippen molar-refractivity contribution in [1.29, 1.82) is 0 Å². The predicted octanol–water partition coefficient (Wildman–Crippen LogP) is 6.54. The Morgan fingerprint density at radius 1 is 0.946 bits per heavy atom. The van der Waals surface area contributed by atoms with E-state index in [1.54, 1.807) is 4.90 Å². The van der Waals surface area contributed by atoms with Gasteiger partial charge in [0.15, 0.2) is 0 Å². The van der Waals surface area contributed by atoms with Crippen molar-refractivity contribution < 1.29 is 19.1 Å². The van der Waals surface area contributed by atoms with Crippen molar-refractivity contribution in [3.8, 4) is 5.75 Å². The van der Waals surface area contributed by atoms with Crippen molar-refractivity contribution >= 4 is 17.6 Å². The average molecular weight is 505 g/mol. The first-order chi connectivity index (χ1) is 17.4. The van der Waals surface area contributed by atoms with E-state index < -0.39 is 11.2 Å². The molecule has 1 saturated heterocycles. The number of amides is 2. The van der Waals surface area contributed by atoms with Crippen LogP contribution in [0.3, 0.4) is 0 Å². The Labute approximate surface area is 221 Å². The Morgan fingerprint density at radius 2 is 1.54 bits per heavy atom. The second kappa shape index (κ2) is 10.2. The summed E-state index contributed by atoms with van der Waals surface area (Å²) in [5.41, 5.74) is 2.84. The molecule has 0 unspecified atom stereocenters. The second-order valence-corrected chi connectivity index (χ2v) is 11.7. The van der Waals surface area contributed by atoms with Gasteiger partial charge in [-0.05, 0) is 83.9 Å². The van der Waals surface area contributed by atoms with E-state index in [0.717, 1.165) is 22.4 Å². The van der Waals surface area contributed by atoms with Gasteiger partial charge >= 0.3 is 6.09 Å². The highest BCUT2D eigenvalue weighted by molar-refractivity contribution is 5.95. The Bertz CT molecular complexity index is 1160. The molecule has 2 aliphatic heterocycles. The number of benzene rings is 2. The van der Waals surface area contributed by atoms with Crippen molar-refractivity contribution in [2.24, 2.45) is 0 Å². The highest BCUT2D eigenvalue weighted by Gasteiger charge is 2.40. The number of piperidine rings is 1. The number of hydrogen-bond acceptors (Lipinski definition) is 4. The summed E-state index contributed by atoms with van der Waals surface area (Å²) in [4.78, 5) is 29.5. The Balaban J connectivity index is 1.60. The Morgan fingerprint density at radius 3 is 2.11 bits per heavy atom. The molecule has 0 bridgehead atoms. The van der Waals surface area contributed by atoms with Gasteiger partial charge in [0.05, 0.1) is 0 Å². The van der Waals surface area contributed by atoms with Crippen LogP contribution in [0.1, 0.15) is 82.8 Å². The van der Waals surface area contributed by atoms with Gasteiger partial charge in [0.25, 0.3) is 5.91 Å². The van der Waals surface area contributed by atoms with Crippen LogP contribution in [-0.2, 0) is 4.74 Å². The van der Waals surface area contributed by atoms with Crippen LogP contribution in [0, 0.1) is 0 Å². The van der Waals surface area contributed by atoms with Gasteiger partial charge in [-0.2, -0.15) is 0 Å². The van der Waals surface area contributed by atoms with Gasteiger partial charge in [0, 0.05) is 49.1 Å². The third kappa shape index (κ3) is 5.84. The molecular formula is C31H40N2O4. The Kier molecular flexibility index (Phi) is 7.40. The van der Waals surface area contributed by atoms with Gasteiger partial charge in [0.2, 0.25) is 0 Å². The molecule has 0 saturated carbocycles. The minimum atomic E-state index is -0.519. The molecule has 2 aliphatic rings.